The third kappa shape index (κ3) is 3.02. The maximum atomic E-state index is 4.41. The fraction of sp³-hybridized carbons (Fsp3) is 0.286. The van der Waals surface area contributed by atoms with E-state index in [4.69, 9.17) is 0 Å². The number of para-hydroxylation sites is 1. The van der Waals surface area contributed by atoms with Gasteiger partial charge in [0.25, 0.3) is 0 Å². The van der Waals surface area contributed by atoms with Crippen LogP contribution in [-0.4, -0.2) is 37.8 Å². The number of nitrogens with one attached hydrogen (secondary N) is 2. The molecule has 6 nitrogen and oxygen atoms in total. The van der Waals surface area contributed by atoms with Gasteiger partial charge in [0.05, 0.1) is 17.4 Å². The molecule has 0 bridgehead atoms. The molecule has 4 aromatic rings. The summed E-state index contributed by atoms with van der Waals surface area (Å²) in [5, 5.41) is 20.7. The molecule has 2 N–H and O–H groups in total. The highest BCUT2D eigenvalue weighted by atomic mass is 15.4. The summed E-state index contributed by atoms with van der Waals surface area (Å²) >= 11 is 0. The molecule has 2 aromatic carbocycles. The van der Waals surface area contributed by atoms with Crippen molar-refractivity contribution in [3.63, 3.8) is 0 Å². The number of piperidine rings is 1. The van der Waals surface area contributed by atoms with E-state index in [1.165, 1.54) is 18.4 Å². The van der Waals surface area contributed by atoms with Gasteiger partial charge in [0.15, 0.2) is 0 Å². The Morgan fingerprint density at radius 2 is 1.93 bits per heavy atom. The molecule has 0 spiro atoms. The molecule has 1 aliphatic rings. The first-order valence-corrected chi connectivity index (χ1v) is 9.47. The van der Waals surface area contributed by atoms with Crippen molar-refractivity contribution in [3.8, 4) is 17.1 Å². The number of fused-ring (bicyclic) bond motifs is 1. The van der Waals surface area contributed by atoms with Crippen LogP contribution in [0.15, 0.2) is 54.7 Å². The topological polar surface area (TPSA) is 71.4 Å². The zero-order chi connectivity index (χ0) is 18.2. The monoisotopic (exact) mass is 358 g/mol. The number of hydrogen-bond donors (Lipinski definition) is 2. The molecule has 0 saturated carbocycles. The van der Waals surface area contributed by atoms with Crippen molar-refractivity contribution in [3.05, 3.63) is 60.3 Å². The summed E-state index contributed by atoms with van der Waals surface area (Å²) in [7, 11) is 0. The van der Waals surface area contributed by atoms with Crippen molar-refractivity contribution in [1.82, 2.24) is 30.5 Å². The zero-order valence-corrected chi connectivity index (χ0v) is 15.3. The summed E-state index contributed by atoms with van der Waals surface area (Å²) in [5.41, 5.74) is 5.02. The third-order valence-electron chi connectivity index (χ3n) is 5.46. The van der Waals surface area contributed by atoms with E-state index in [1.54, 1.807) is 0 Å². The van der Waals surface area contributed by atoms with Crippen LogP contribution in [0.3, 0.4) is 0 Å². The summed E-state index contributed by atoms with van der Waals surface area (Å²) in [5.74, 6) is 0.636. The van der Waals surface area contributed by atoms with Crippen LogP contribution in [0.2, 0.25) is 0 Å². The van der Waals surface area contributed by atoms with Gasteiger partial charge in [0.2, 0.25) is 0 Å². The van der Waals surface area contributed by atoms with Gasteiger partial charge in [-0.15, -0.1) is 5.10 Å². The van der Waals surface area contributed by atoms with Gasteiger partial charge in [-0.1, -0.05) is 35.5 Å². The van der Waals surface area contributed by atoms with Crippen LogP contribution in [0, 0.1) is 0 Å². The maximum Gasteiger partial charge on any atom is 0.134 e. The highest BCUT2D eigenvalue weighted by Crippen LogP contribution is 2.29. The van der Waals surface area contributed by atoms with E-state index in [9.17, 15) is 0 Å². The van der Waals surface area contributed by atoms with Crippen LogP contribution >= 0.6 is 0 Å². The molecule has 0 aliphatic carbocycles. The Kier molecular flexibility index (Phi) is 3.98. The summed E-state index contributed by atoms with van der Waals surface area (Å²) in [6.45, 7) is 3.36. The predicted octanol–water partition coefficient (Wildman–Crippen LogP) is 3.67. The van der Waals surface area contributed by atoms with Gasteiger partial charge in [-0.3, -0.25) is 5.10 Å². The second-order valence-electron chi connectivity index (χ2n) is 7.33. The number of rotatable bonds is 3. The van der Waals surface area contributed by atoms with Gasteiger partial charge in [0, 0.05) is 11.4 Å². The number of H-pyrrole nitrogens is 1. The normalized spacial score (nSPS) is 20.2. The maximum absolute atomic E-state index is 4.41. The highest BCUT2D eigenvalue weighted by Gasteiger charge is 2.20. The summed E-state index contributed by atoms with van der Waals surface area (Å²) in [4.78, 5) is 0. The Hall–Kier alpha value is -2.99. The Labute approximate surface area is 157 Å². The van der Waals surface area contributed by atoms with E-state index in [1.807, 2.05) is 35.1 Å². The van der Waals surface area contributed by atoms with Crippen molar-refractivity contribution < 1.29 is 0 Å². The van der Waals surface area contributed by atoms with E-state index in [0.717, 1.165) is 34.5 Å². The molecule has 1 fully saturated rings. The first-order chi connectivity index (χ1) is 13.3. The van der Waals surface area contributed by atoms with Gasteiger partial charge in [-0.2, -0.15) is 5.10 Å². The molecule has 3 heterocycles. The van der Waals surface area contributed by atoms with Crippen LogP contribution in [0.1, 0.15) is 31.2 Å². The number of aromatic amines is 1. The third-order valence-corrected chi connectivity index (χ3v) is 5.46. The van der Waals surface area contributed by atoms with E-state index in [0.29, 0.717) is 12.0 Å². The van der Waals surface area contributed by atoms with Gasteiger partial charge >= 0.3 is 0 Å². The lowest BCUT2D eigenvalue weighted by Gasteiger charge is -2.28. The smallest absolute Gasteiger partial charge is 0.134 e. The number of aromatic nitrogens is 5. The number of nitrogens with zero attached hydrogens (tertiary/aromatic N) is 4. The van der Waals surface area contributed by atoms with Crippen LogP contribution in [0.5, 0.6) is 0 Å². The molecular formula is C21H22N6. The molecule has 6 heteroatoms. The van der Waals surface area contributed by atoms with Crippen molar-refractivity contribution in [2.24, 2.45) is 0 Å². The molecular weight excluding hydrogens is 336 g/mol. The van der Waals surface area contributed by atoms with Crippen LogP contribution in [0.25, 0.3) is 28.0 Å². The Balaban J connectivity index is 1.41. The fourth-order valence-corrected chi connectivity index (χ4v) is 3.99. The highest BCUT2D eigenvalue weighted by molar-refractivity contribution is 5.91. The minimum absolute atomic E-state index is 0.588. The van der Waals surface area contributed by atoms with Crippen molar-refractivity contribution in [2.45, 2.75) is 31.7 Å². The Morgan fingerprint density at radius 3 is 2.78 bits per heavy atom. The molecule has 0 radical (unpaired) electrons. The largest absolute Gasteiger partial charge is 0.314 e. The Morgan fingerprint density at radius 1 is 1.07 bits per heavy atom. The average Bonchev–Trinajstić information content (AvgIpc) is 3.35. The Bertz CT molecular complexity index is 1060. The second-order valence-corrected chi connectivity index (χ2v) is 7.33. The lowest BCUT2D eigenvalue weighted by Crippen LogP contribution is -2.34. The standard InChI is InChI=1S/C21H22N6/c1-14-12-16(10-11-22-14)15-6-8-17(9-7-15)27-13-20(24-26-27)21-18-4-2-3-5-19(18)23-25-21/h2-9,13-14,16,22H,10-12H2,1H3,(H,23,25)/t14-,16-/m0/s1. The van der Waals surface area contributed by atoms with Crippen molar-refractivity contribution in [2.75, 3.05) is 6.54 Å². The summed E-state index contributed by atoms with van der Waals surface area (Å²) < 4.78 is 1.81. The van der Waals surface area contributed by atoms with Crippen LogP contribution in [0.4, 0.5) is 0 Å². The van der Waals surface area contributed by atoms with E-state index in [2.05, 4.69) is 57.0 Å². The molecule has 1 aliphatic heterocycles. The van der Waals surface area contributed by atoms with Crippen LogP contribution < -0.4 is 5.32 Å². The van der Waals surface area contributed by atoms with Gasteiger partial charge in [-0.05, 0) is 56.0 Å². The minimum atomic E-state index is 0.588. The fourth-order valence-electron chi connectivity index (χ4n) is 3.99. The molecule has 0 unspecified atom stereocenters. The predicted molar refractivity (Wildman–Crippen MR) is 106 cm³/mol. The molecule has 1 saturated heterocycles. The first kappa shape index (κ1) is 16.2. The zero-order valence-electron chi connectivity index (χ0n) is 15.3. The van der Waals surface area contributed by atoms with Crippen molar-refractivity contribution in [1.29, 1.82) is 0 Å². The van der Waals surface area contributed by atoms with Crippen molar-refractivity contribution >= 4 is 10.9 Å². The SMILES string of the molecule is C[C@H]1C[C@@H](c2ccc(-n3cc(-c4n[nH]c5ccccc45)nn3)cc2)CCN1. The second kappa shape index (κ2) is 6.63. The van der Waals surface area contributed by atoms with E-state index in [-0.39, 0.29) is 0 Å². The van der Waals surface area contributed by atoms with E-state index >= 15 is 0 Å². The minimum Gasteiger partial charge on any atom is -0.314 e. The van der Waals surface area contributed by atoms with Gasteiger partial charge < -0.3 is 5.32 Å². The first-order valence-electron chi connectivity index (χ1n) is 9.47. The number of hydrogen-bond acceptors (Lipinski definition) is 4. The lowest BCUT2D eigenvalue weighted by molar-refractivity contribution is 0.381. The van der Waals surface area contributed by atoms with E-state index < -0.39 is 0 Å². The van der Waals surface area contributed by atoms with Crippen LogP contribution in [-0.2, 0) is 0 Å². The molecule has 136 valence electrons. The molecule has 5 rings (SSSR count). The molecule has 27 heavy (non-hydrogen) atoms. The average molecular weight is 358 g/mol. The molecule has 0 amide bonds. The van der Waals surface area contributed by atoms with Gasteiger partial charge in [0.1, 0.15) is 11.4 Å². The summed E-state index contributed by atoms with van der Waals surface area (Å²) in [6, 6.07) is 17.3. The van der Waals surface area contributed by atoms with Gasteiger partial charge in [-0.25, -0.2) is 4.68 Å². The summed E-state index contributed by atoms with van der Waals surface area (Å²) in [6.07, 6.45) is 4.33. The quantitative estimate of drug-likeness (QED) is 0.586. The lowest BCUT2D eigenvalue weighted by atomic mass is 9.87. The molecule has 2 atom stereocenters. The number of benzene rings is 2. The molecule has 2 aromatic heterocycles.